The van der Waals surface area contributed by atoms with E-state index in [1.807, 2.05) is 0 Å². The van der Waals surface area contributed by atoms with E-state index in [9.17, 15) is 0 Å². The summed E-state index contributed by atoms with van der Waals surface area (Å²) in [5, 5.41) is 1.37. The molecule has 3 heterocycles. The quantitative estimate of drug-likeness (QED) is 0.273. The lowest BCUT2D eigenvalue weighted by atomic mass is 9.79. The lowest BCUT2D eigenvalue weighted by Crippen LogP contribution is -2.53. The molecule has 0 N–H and O–H groups in total. The van der Waals surface area contributed by atoms with E-state index in [0.717, 1.165) is 38.5 Å². The van der Waals surface area contributed by atoms with Crippen LogP contribution in [0.2, 0.25) is 13.1 Å². The average molecular weight is 463 g/mol. The van der Waals surface area contributed by atoms with Crippen LogP contribution in [-0.2, 0) is 13.9 Å². The fraction of sp³-hybridized carbons (Fsp3) is 0.857. The molecular weight excluding hydrogens is 412 g/mol. The maximum Gasteiger partial charge on any atom is 0.214 e. The summed E-state index contributed by atoms with van der Waals surface area (Å²) >= 11 is 0. The van der Waals surface area contributed by atoms with Crippen molar-refractivity contribution in [3.63, 3.8) is 0 Å². The van der Waals surface area contributed by atoms with Crippen LogP contribution in [0.4, 0.5) is 0 Å². The first-order chi connectivity index (χ1) is 15.0. The highest BCUT2D eigenvalue weighted by molar-refractivity contribution is 6.79. The van der Waals surface area contributed by atoms with Gasteiger partial charge in [-0.1, -0.05) is 45.9 Å². The van der Waals surface area contributed by atoms with E-state index in [1.54, 1.807) is 0 Å². The van der Waals surface area contributed by atoms with E-state index in [-0.39, 0.29) is 11.9 Å². The van der Waals surface area contributed by atoms with Crippen molar-refractivity contribution in [2.24, 2.45) is 29.6 Å². The summed E-state index contributed by atoms with van der Waals surface area (Å²) in [5.74, 6) is 2.38. The zero-order valence-corrected chi connectivity index (χ0v) is 23.0. The van der Waals surface area contributed by atoms with E-state index in [0.29, 0.717) is 41.8 Å². The molecule has 0 aromatic heterocycles. The summed E-state index contributed by atoms with van der Waals surface area (Å²) in [4.78, 5) is 0. The van der Waals surface area contributed by atoms with Gasteiger partial charge in [-0.05, 0) is 75.3 Å². The second-order valence-corrected chi connectivity index (χ2v) is 15.9. The predicted octanol–water partition coefficient (Wildman–Crippen LogP) is 7.67. The van der Waals surface area contributed by atoms with E-state index in [2.05, 4.69) is 66.9 Å². The Labute approximate surface area is 199 Å². The third-order valence-corrected chi connectivity index (χ3v) is 11.9. The summed E-state index contributed by atoms with van der Waals surface area (Å²) in [6.45, 7) is 24.5. The second kappa shape index (κ2) is 10.5. The van der Waals surface area contributed by atoms with Gasteiger partial charge in [-0.25, -0.2) is 0 Å². The molecule has 1 spiro atoms. The molecule has 3 nitrogen and oxygen atoms in total. The van der Waals surface area contributed by atoms with Crippen molar-refractivity contribution in [3.8, 4) is 0 Å². The third-order valence-electron chi connectivity index (χ3n) is 8.98. The number of rotatable bonds is 8. The normalized spacial score (nSPS) is 41.5. The van der Waals surface area contributed by atoms with Crippen LogP contribution >= 0.6 is 0 Å². The van der Waals surface area contributed by atoms with Gasteiger partial charge in [0.1, 0.15) is 0 Å². The highest BCUT2D eigenvalue weighted by Crippen LogP contribution is 2.46. The highest BCUT2D eigenvalue weighted by Gasteiger charge is 2.48. The molecule has 3 saturated heterocycles. The summed E-state index contributed by atoms with van der Waals surface area (Å²) in [6, 6.07) is 0. The maximum atomic E-state index is 6.91. The molecular formula is C28H50O3Si. The van der Waals surface area contributed by atoms with Crippen molar-refractivity contribution >= 4 is 8.32 Å². The SMILES string of the molecule is C=C[C@@H](C)CC[C@@H]1OC2(CC[C@H]1C)CC[C@H](C)[C@H]([C@H](C)CC[C@@H]1O[Si](C)(C)C(=C)[C@H]1C)O2. The fourth-order valence-electron chi connectivity index (χ4n) is 6.18. The largest absolute Gasteiger partial charge is 0.410 e. The Morgan fingerprint density at radius 2 is 1.62 bits per heavy atom. The number of hydrogen-bond acceptors (Lipinski definition) is 3. The first kappa shape index (κ1) is 26.2. The summed E-state index contributed by atoms with van der Waals surface area (Å²) in [6.07, 6.45) is 12.0. The molecule has 9 atom stereocenters. The molecule has 0 saturated carbocycles. The lowest BCUT2D eigenvalue weighted by molar-refractivity contribution is -0.338. The average Bonchev–Trinajstić information content (AvgIpc) is 2.96. The minimum atomic E-state index is -1.71. The third kappa shape index (κ3) is 5.79. The Morgan fingerprint density at radius 1 is 1.00 bits per heavy atom. The van der Waals surface area contributed by atoms with E-state index in [4.69, 9.17) is 13.9 Å². The van der Waals surface area contributed by atoms with Crippen LogP contribution in [0.5, 0.6) is 0 Å². The molecule has 0 aliphatic carbocycles. The Hall–Kier alpha value is -0.423. The van der Waals surface area contributed by atoms with Gasteiger partial charge < -0.3 is 13.9 Å². The minimum absolute atomic E-state index is 0.273. The molecule has 1 unspecified atom stereocenters. The standard InChI is InChI=1S/C28H50O3Si/c1-10-19(2)11-13-25-20(3)15-17-28(29-25)18-16-22(5)27(30-28)21(4)12-14-26-23(6)24(7)32(8,9)31-26/h10,19-23,25-27H,1,7,11-18H2,2-6,8-9H3/t19-,20-,21-,22+,23-,25+,26+,27+,28?/m1/s1. The van der Waals surface area contributed by atoms with Crippen LogP contribution in [0.1, 0.15) is 86.0 Å². The van der Waals surface area contributed by atoms with Gasteiger partial charge in [0.2, 0.25) is 8.32 Å². The Bertz CT molecular complexity index is 657. The minimum Gasteiger partial charge on any atom is -0.410 e. The van der Waals surface area contributed by atoms with Crippen molar-refractivity contribution in [1.82, 2.24) is 0 Å². The van der Waals surface area contributed by atoms with Crippen molar-refractivity contribution in [1.29, 1.82) is 0 Å². The van der Waals surface area contributed by atoms with E-state index < -0.39 is 8.32 Å². The van der Waals surface area contributed by atoms with Crippen molar-refractivity contribution < 1.29 is 13.9 Å². The van der Waals surface area contributed by atoms with E-state index in [1.165, 1.54) is 18.0 Å². The van der Waals surface area contributed by atoms with Crippen LogP contribution in [0.3, 0.4) is 0 Å². The molecule has 4 heteroatoms. The van der Waals surface area contributed by atoms with Gasteiger partial charge in [0.05, 0.1) is 18.3 Å². The van der Waals surface area contributed by atoms with Crippen LogP contribution in [-0.4, -0.2) is 32.4 Å². The Balaban J connectivity index is 1.59. The zero-order chi connectivity index (χ0) is 23.7. The van der Waals surface area contributed by atoms with Crippen molar-refractivity contribution in [2.75, 3.05) is 0 Å². The smallest absolute Gasteiger partial charge is 0.214 e. The Morgan fingerprint density at radius 3 is 2.22 bits per heavy atom. The lowest BCUT2D eigenvalue weighted by Gasteiger charge is -2.51. The van der Waals surface area contributed by atoms with Gasteiger partial charge in [0.15, 0.2) is 5.79 Å². The maximum absolute atomic E-state index is 6.91. The molecule has 3 aliphatic rings. The van der Waals surface area contributed by atoms with Gasteiger partial charge >= 0.3 is 0 Å². The molecule has 3 rings (SSSR count). The predicted molar refractivity (Wildman–Crippen MR) is 137 cm³/mol. The molecule has 3 aliphatic heterocycles. The number of ether oxygens (including phenoxy) is 2. The van der Waals surface area contributed by atoms with Gasteiger partial charge in [-0.2, -0.15) is 0 Å². The first-order valence-corrected chi connectivity index (χ1v) is 16.2. The topological polar surface area (TPSA) is 27.7 Å². The second-order valence-electron chi connectivity index (χ2n) is 12.0. The molecule has 3 fully saturated rings. The van der Waals surface area contributed by atoms with Crippen LogP contribution in [0, 0.1) is 29.6 Å². The Kier molecular flexibility index (Phi) is 8.56. The summed E-state index contributed by atoms with van der Waals surface area (Å²) < 4.78 is 20.2. The molecule has 0 aromatic carbocycles. The fourth-order valence-corrected chi connectivity index (χ4v) is 8.70. The molecule has 0 amide bonds. The van der Waals surface area contributed by atoms with Gasteiger partial charge in [-0.3, -0.25) is 0 Å². The van der Waals surface area contributed by atoms with Crippen molar-refractivity contribution in [2.45, 2.75) is 123 Å². The molecule has 0 bridgehead atoms. The van der Waals surface area contributed by atoms with E-state index >= 15 is 0 Å². The van der Waals surface area contributed by atoms with Gasteiger partial charge in [-0.15, -0.1) is 13.2 Å². The van der Waals surface area contributed by atoms with Gasteiger partial charge in [0, 0.05) is 18.8 Å². The summed E-state index contributed by atoms with van der Waals surface area (Å²) in [7, 11) is -1.71. The number of hydrogen-bond donors (Lipinski definition) is 0. The monoisotopic (exact) mass is 462 g/mol. The van der Waals surface area contributed by atoms with Crippen LogP contribution in [0.15, 0.2) is 24.4 Å². The number of allylic oxidation sites excluding steroid dienone is 1. The molecule has 32 heavy (non-hydrogen) atoms. The molecule has 0 radical (unpaired) electrons. The van der Waals surface area contributed by atoms with Gasteiger partial charge in [0.25, 0.3) is 0 Å². The summed E-state index contributed by atoms with van der Waals surface area (Å²) in [5.41, 5.74) is 0. The van der Waals surface area contributed by atoms with Crippen molar-refractivity contribution in [3.05, 3.63) is 24.4 Å². The zero-order valence-electron chi connectivity index (χ0n) is 22.0. The van der Waals surface area contributed by atoms with Crippen LogP contribution < -0.4 is 0 Å². The first-order valence-electron chi connectivity index (χ1n) is 13.3. The molecule has 0 aromatic rings. The van der Waals surface area contributed by atoms with Crippen LogP contribution in [0.25, 0.3) is 0 Å². The highest BCUT2D eigenvalue weighted by atomic mass is 28.4. The molecule has 184 valence electrons.